The number of nitrogens with one attached hydrogen (secondary N) is 4. The molecular formula is C116H127FN16O7. The lowest BCUT2D eigenvalue weighted by Crippen LogP contribution is -2.43. The number of aryl methyl sites for hydroxylation is 5. The maximum atomic E-state index is 15.8. The van der Waals surface area contributed by atoms with Gasteiger partial charge in [-0.3, -0.25) is 34.5 Å². The number of halogens is 1. The van der Waals surface area contributed by atoms with Crippen LogP contribution in [0, 0.1) is 83.0 Å². The van der Waals surface area contributed by atoms with Crippen LogP contribution in [-0.4, -0.2) is 179 Å². The number of methoxy groups -OCH3 is 3. The third-order valence-electron chi connectivity index (χ3n) is 30.4. The van der Waals surface area contributed by atoms with Crippen LogP contribution < -0.4 is 0 Å². The van der Waals surface area contributed by atoms with E-state index >= 15 is 4.39 Å². The van der Waals surface area contributed by atoms with Gasteiger partial charge in [0, 0.05) is 154 Å². The van der Waals surface area contributed by atoms with E-state index in [1.54, 1.807) is 50.5 Å². The molecule has 8 heterocycles. The Morgan fingerprint density at radius 3 is 1.08 bits per heavy atom. The molecule has 8 aromatic carbocycles. The monoisotopic (exact) mass is 1880 g/mol. The summed E-state index contributed by atoms with van der Waals surface area (Å²) in [6, 6.07) is 50.4. The van der Waals surface area contributed by atoms with Gasteiger partial charge in [0.2, 0.25) is 0 Å². The first-order chi connectivity index (χ1) is 68.1. The summed E-state index contributed by atoms with van der Waals surface area (Å²) in [7, 11) is 4.97. The minimum atomic E-state index is -1.50. The highest BCUT2D eigenvalue weighted by molar-refractivity contribution is 6.00. The molecule has 720 valence electrons. The molecule has 20 rings (SSSR count). The number of hydrogen-bond acceptors (Lipinski definition) is 15. The molecule has 4 saturated carbocycles. The number of alkyl halides is 1. The molecule has 0 radical (unpaired) electrons. The van der Waals surface area contributed by atoms with E-state index in [2.05, 4.69) is 160 Å². The number of nitrogens with zero attached hydrogens (tertiary/aromatic N) is 12. The third-order valence-corrected chi connectivity index (χ3v) is 30.4. The number of imidazole rings is 1. The zero-order chi connectivity index (χ0) is 97.7. The van der Waals surface area contributed by atoms with E-state index in [1.165, 1.54) is 103 Å². The lowest BCUT2D eigenvalue weighted by atomic mass is 9.77. The molecule has 8 fully saturated rings. The number of aromatic nitrogens is 11. The van der Waals surface area contributed by atoms with E-state index in [0.717, 1.165) is 192 Å². The van der Waals surface area contributed by atoms with Crippen molar-refractivity contribution < 1.29 is 37.8 Å². The molecular weight excluding hydrogens is 1750 g/mol. The first-order valence-electron chi connectivity index (χ1n) is 50.0. The average molecular weight is 1880 g/mol. The Morgan fingerprint density at radius 2 is 0.743 bits per heavy atom. The van der Waals surface area contributed by atoms with E-state index in [1.807, 2.05) is 96.3 Å². The Hall–Kier alpha value is -13.8. The topological polar surface area (TPSA) is 286 Å². The Bertz CT molecular complexity index is 6390. The van der Waals surface area contributed by atoms with Gasteiger partial charge in [0.1, 0.15) is 29.7 Å². The quantitative estimate of drug-likeness (QED) is 0.0433. The summed E-state index contributed by atoms with van der Waals surface area (Å²) < 4.78 is 31.4. The SMILES string of the molecule is C#Cc1ccc(C2CCN(C(=O)c3cc(-c4n[nH]c(C)n4)c(C4CCC4)cc3C)CC2)cc1.C#Cc1ccc(C2CCN(C(=O)c3cc(-c4n[nH]c(COC)n4)c(C4CCC4)cc3C)CC2)cc1.C#Cc1ccc(C2CCN(C(=O)c3cc(-c4ncc(COC)[nH]4)c(C4CCC4)cc3C)CC2)cc1.COCCc1nc(-c2cc(C(=O)N3CCC(F)(c4ccc(C#N)cc4)CC3)c(C)cc2C2CCC2)n[nH]1. The Balaban J connectivity index is 0.000000129. The summed E-state index contributed by atoms with van der Waals surface area (Å²) in [5.41, 5.74) is 23.1. The fourth-order valence-electron chi connectivity index (χ4n) is 21.1. The van der Waals surface area contributed by atoms with Crippen molar-refractivity contribution in [3.63, 3.8) is 0 Å². The Morgan fingerprint density at radius 1 is 0.407 bits per heavy atom. The summed E-state index contributed by atoms with van der Waals surface area (Å²) in [6.07, 6.45) is 39.5. The molecule has 0 atom stereocenters. The maximum Gasteiger partial charge on any atom is 0.254 e. The number of amides is 4. The molecule has 140 heavy (non-hydrogen) atoms. The van der Waals surface area contributed by atoms with Gasteiger partial charge in [-0.2, -0.15) is 20.6 Å². The van der Waals surface area contributed by atoms with Gasteiger partial charge in [0.05, 0.1) is 36.7 Å². The van der Waals surface area contributed by atoms with Crippen molar-refractivity contribution in [3.8, 4) is 88.7 Å². The van der Waals surface area contributed by atoms with Gasteiger partial charge in [0.15, 0.2) is 23.3 Å². The molecule has 4 amide bonds. The number of H-pyrrole nitrogens is 4. The van der Waals surface area contributed by atoms with Crippen LogP contribution in [0.1, 0.15) is 323 Å². The predicted molar refractivity (Wildman–Crippen MR) is 542 cm³/mol. The van der Waals surface area contributed by atoms with Gasteiger partial charge < -0.3 is 38.8 Å². The second-order valence-corrected chi connectivity index (χ2v) is 39.3. The highest BCUT2D eigenvalue weighted by Crippen LogP contribution is 2.48. The summed E-state index contributed by atoms with van der Waals surface area (Å²) in [5, 5.41) is 31.3. The summed E-state index contributed by atoms with van der Waals surface area (Å²) in [4.78, 5) is 84.2. The fourth-order valence-corrected chi connectivity index (χ4v) is 21.1. The number of piperidine rings is 4. The summed E-state index contributed by atoms with van der Waals surface area (Å²) in [5.74, 6) is 16.7. The van der Waals surface area contributed by atoms with E-state index in [0.29, 0.717) is 121 Å². The van der Waals surface area contributed by atoms with Gasteiger partial charge >= 0.3 is 0 Å². The van der Waals surface area contributed by atoms with E-state index in [4.69, 9.17) is 38.7 Å². The molecule has 12 aromatic rings. The first kappa shape index (κ1) is 97.9. The van der Waals surface area contributed by atoms with Crippen molar-refractivity contribution in [2.75, 3.05) is 80.3 Å². The third kappa shape index (κ3) is 22.1. The van der Waals surface area contributed by atoms with Crippen LogP contribution >= 0.6 is 0 Å². The van der Waals surface area contributed by atoms with Crippen LogP contribution in [0.2, 0.25) is 0 Å². The normalized spacial score (nSPS) is 16.9. The number of benzene rings is 8. The van der Waals surface area contributed by atoms with Crippen molar-refractivity contribution in [2.24, 2.45) is 0 Å². The van der Waals surface area contributed by atoms with Gasteiger partial charge in [-0.25, -0.2) is 24.3 Å². The lowest BCUT2D eigenvalue weighted by molar-refractivity contribution is 0.0420. The largest absolute Gasteiger partial charge is 0.384 e. The molecule has 0 unspecified atom stereocenters. The van der Waals surface area contributed by atoms with E-state index in [-0.39, 0.29) is 36.5 Å². The molecule has 0 spiro atoms. The number of likely N-dealkylation sites (tertiary alicyclic amines) is 4. The minimum absolute atomic E-state index is 0.0871. The van der Waals surface area contributed by atoms with Gasteiger partial charge in [-0.15, -0.1) is 19.3 Å². The molecule has 24 heteroatoms. The molecule has 23 nitrogen and oxygen atoms in total. The van der Waals surface area contributed by atoms with Gasteiger partial charge in [-0.05, 0) is 305 Å². The number of carbonyl (C=O) groups is 4. The molecule has 4 saturated heterocycles. The zero-order valence-corrected chi connectivity index (χ0v) is 81.9. The summed E-state index contributed by atoms with van der Waals surface area (Å²) in [6.45, 7) is 16.7. The Kier molecular flexibility index (Phi) is 31.2. The fraction of sp³-hybridized carbons (Fsp3) is 0.414. The standard InChI is InChI=1S/C30H33N3O2.C29H32FN5O2.C29H32N4O2.C28H30N4O/c1-4-21-8-10-22(11-9-21)23-12-14-33(15-13-23)30(34)26-17-28(29-31-18-25(32-29)19-35-3)27(16-20(26)2)24-6-5-7-24;1-19-16-24(21-4-3-5-21)25(27-32-26(33-34-27)10-15-37-2)17-23(19)28(36)35-13-11-29(30,12-14-35)22-8-6-20(18-31)7-9-22;1-4-20-8-10-21(11-9-20)22-12-14-33(15-13-22)29(34)24-17-26(28-30-27(18-35-3)31-32-28)25(16-19(24)2)23-6-5-7-23;1-4-20-8-10-21(11-9-20)22-12-14-32(15-13-22)28(33)24-17-26(27-29-19(3)30-31-27)25(16-18(24)2)23-6-5-7-23/h1,8-11,16-18,23-24H,5-7,12-15,19H2,2-3H3,(H,31,32);6-9,16-17,21H,3-5,10-15H2,1-2H3,(H,32,33,34);1,8-11,16-17,22-23H,5-7,12-15,18H2,2-3H3,(H,30,31,32);1,8-11,16-17,22-23H,5-7,12-15H2,2-3H3,(H,29,30,31). The van der Waals surface area contributed by atoms with Crippen LogP contribution in [0.4, 0.5) is 4.39 Å². The molecule has 4 aromatic heterocycles. The van der Waals surface area contributed by atoms with Crippen molar-refractivity contribution >= 4 is 23.6 Å². The highest BCUT2D eigenvalue weighted by Gasteiger charge is 2.40. The zero-order valence-electron chi connectivity index (χ0n) is 81.9. The van der Waals surface area contributed by atoms with Crippen LogP contribution in [0.3, 0.4) is 0 Å². The highest BCUT2D eigenvalue weighted by atomic mass is 19.1. The molecule has 8 aliphatic rings. The maximum absolute atomic E-state index is 15.8. The number of nitriles is 1. The van der Waals surface area contributed by atoms with Crippen molar-refractivity contribution in [1.29, 1.82) is 5.26 Å². The number of rotatable bonds is 23. The number of terminal acetylenes is 3. The number of ether oxygens (including phenoxy) is 3. The molecule has 4 aliphatic heterocycles. The molecule has 0 bridgehead atoms. The smallest absolute Gasteiger partial charge is 0.254 e. The summed E-state index contributed by atoms with van der Waals surface area (Å²) >= 11 is 0. The van der Waals surface area contributed by atoms with E-state index in [9.17, 15) is 19.2 Å². The molecule has 4 aliphatic carbocycles. The second-order valence-electron chi connectivity index (χ2n) is 39.3. The number of carbonyl (C=O) groups excluding carboxylic acids is 4. The van der Waals surface area contributed by atoms with Crippen molar-refractivity contribution in [3.05, 3.63) is 286 Å². The minimum Gasteiger partial charge on any atom is -0.384 e. The average Bonchev–Trinajstić information content (AvgIpc) is 1.22. The van der Waals surface area contributed by atoms with Crippen LogP contribution in [0.15, 0.2) is 152 Å². The van der Waals surface area contributed by atoms with Crippen LogP contribution in [-0.2, 0) is 39.5 Å². The lowest BCUT2D eigenvalue weighted by Gasteiger charge is -2.37. The predicted octanol–water partition coefficient (Wildman–Crippen LogP) is 21.6. The van der Waals surface area contributed by atoms with E-state index < -0.39 is 5.67 Å². The van der Waals surface area contributed by atoms with Crippen LogP contribution in [0.5, 0.6) is 0 Å². The van der Waals surface area contributed by atoms with Gasteiger partial charge in [-0.1, -0.05) is 116 Å². The van der Waals surface area contributed by atoms with Crippen molar-refractivity contribution in [1.82, 2.24) is 75.1 Å². The van der Waals surface area contributed by atoms with Crippen molar-refractivity contribution in [2.45, 2.75) is 230 Å². The first-order valence-corrected chi connectivity index (χ1v) is 50.0. The van der Waals surface area contributed by atoms with Crippen LogP contribution in [0.25, 0.3) is 45.6 Å². The van der Waals surface area contributed by atoms with Gasteiger partial charge in [0.25, 0.3) is 23.6 Å². The number of hydrogen-bond donors (Lipinski definition) is 4. The molecule has 4 N–H and O–H groups in total. The number of aromatic amines is 4. The second kappa shape index (κ2) is 44.6. The Labute approximate surface area is 821 Å².